The van der Waals surface area contributed by atoms with E-state index in [-0.39, 0.29) is 0 Å². The maximum Gasteiger partial charge on any atom is 0.146 e. The van der Waals surface area contributed by atoms with Crippen molar-refractivity contribution in [1.29, 1.82) is 0 Å². The number of nitrogens with one attached hydrogen (secondary N) is 1. The van der Waals surface area contributed by atoms with Crippen molar-refractivity contribution >= 4 is 22.6 Å². The van der Waals surface area contributed by atoms with Gasteiger partial charge in [0.1, 0.15) is 18.2 Å². The van der Waals surface area contributed by atoms with Gasteiger partial charge in [0, 0.05) is 5.02 Å². The SMILES string of the molecule is Cc1cc(C)c2nc(COc3ccc(Cl)c(C)c3)[nH]c2c1. The minimum atomic E-state index is 0.411. The number of ether oxygens (including phenoxy) is 1. The number of rotatable bonds is 3. The molecular weight excluding hydrogens is 284 g/mol. The van der Waals surface area contributed by atoms with Crippen molar-refractivity contribution in [2.24, 2.45) is 0 Å². The van der Waals surface area contributed by atoms with Gasteiger partial charge in [-0.05, 0) is 61.7 Å². The van der Waals surface area contributed by atoms with E-state index in [2.05, 4.69) is 35.9 Å². The van der Waals surface area contributed by atoms with Gasteiger partial charge in [0.05, 0.1) is 11.0 Å². The predicted octanol–water partition coefficient (Wildman–Crippen LogP) is 4.72. The fraction of sp³-hybridized carbons (Fsp3) is 0.235. The zero-order chi connectivity index (χ0) is 15.0. The lowest BCUT2D eigenvalue weighted by Gasteiger charge is -2.05. The second-order valence-corrected chi connectivity index (χ2v) is 5.77. The molecule has 1 N–H and O–H groups in total. The van der Waals surface area contributed by atoms with E-state index >= 15 is 0 Å². The highest BCUT2D eigenvalue weighted by atomic mass is 35.5. The lowest BCUT2D eigenvalue weighted by molar-refractivity contribution is 0.297. The molecule has 0 aliphatic heterocycles. The molecule has 1 heterocycles. The molecule has 3 rings (SSSR count). The maximum absolute atomic E-state index is 6.01. The Bertz CT molecular complexity index is 808. The number of nitrogens with zero attached hydrogens (tertiary/aromatic N) is 1. The summed E-state index contributed by atoms with van der Waals surface area (Å²) in [7, 11) is 0. The van der Waals surface area contributed by atoms with Crippen LogP contribution in [0, 0.1) is 20.8 Å². The van der Waals surface area contributed by atoms with E-state index in [9.17, 15) is 0 Å². The molecule has 2 aromatic carbocycles. The third kappa shape index (κ3) is 2.88. The summed E-state index contributed by atoms with van der Waals surface area (Å²) < 4.78 is 5.78. The first kappa shape index (κ1) is 14.0. The molecule has 21 heavy (non-hydrogen) atoms. The second kappa shape index (κ2) is 5.41. The number of hydrogen-bond donors (Lipinski definition) is 1. The van der Waals surface area contributed by atoms with Crippen molar-refractivity contribution < 1.29 is 4.74 Å². The van der Waals surface area contributed by atoms with Crippen molar-refractivity contribution in [3.8, 4) is 5.75 Å². The molecular formula is C17H17ClN2O. The molecule has 108 valence electrons. The van der Waals surface area contributed by atoms with Gasteiger partial charge in [0.15, 0.2) is 0 Å². The molecule has 3 nitrogen and oxygen atoms in total. The summed E-state index contributed by atoms with van der Waals surface area (Å²) in [6, 6.07) is 9.88. The summed E-state index contributed by atoms with van der Waals surface area (Å²) in [4.78, 5) is 7.91. The van der Waals surface area contributed by atoms with Gasteiger partial charge in [-0.15, -0.1) is 0 Å². The summed E-state index contributed by atoms with van der Waals surface area (Å²) in [5, 5.41) is 0.747. The van der Waals surface area contributed by atoms with E-state index in [1.165, 1.54) is 11.1 Å². The van der Waals surface area contributed by atoms with Gasteiger partial charge in [-0.1, -0.05) is 17.7 Å². The average Bonchev–Trinajstić information content (AvgIpc) is 2.83. The topological polar surface area (TPSA) is 37.9 Å². The number of H-pyrrole nitrogens is 1. The fourth-order valence-electron chi connectivity index (χ4n) is 2.45. The van der Waals surface area contributed by atoms with E-state index in [1.54, 1.807) is 0 Å². The Morgan fingerprint density at radius 2 is 1.90 bits per heavy atom. The number of benzene rings is 2. The van der Waals surface area contributed by atoms with Crippen LogP contribution >= 0.6 is 11.6 Å². The molecule has 0 spiro atoms. The summed E-state index contributed by atoms with van der Waals surface area (Å²) in [5.41, 5.74) is 5.47. The van der Waals surface area contributed by atoms with Crippen LogP contribution in [0.3, 0.4) is 0 Å². The normalized spacial score (nSPS) is 11.0. The largest absolute Gasteiger partial charge is 0.486 e. The van der Waals surface area contributed by atoms with Gasteiger partial charge in [0.2, 0.25) is 0 Å². The Balaban J connectivity index is 1.82. The number of halogens is 1. The Kier molecular flexibility index (Phi) is 3.60. The van der Waals surface area contributed by atoms with Crippen LogP contribution in [0.2, 0.25) is 5.02 Å². The van der Waals surface area contributed by atoms with Crippen molar-refractivity contribution in [2.75, 3.05) is 0 Å². The molecule has 4 heteroatoms. The third-order valence-corrected chi connectivity index (χ3v) is 3.90. The Labute approximate surface area is 128 Å². The molecule has 0 saturated heterocycles. The van der Waals surface area contributed by atoms with Crippen molar-refractivity contribution in [2.45, 2.75) is 27.4 Å². The summed E-state index contributed by atoms with van der Waals surface area (Å²) in [6.07, 6.45) is 0. The number of hydrogen-bond acceptors (Lipinski definition) is 2. The van der Waals surface area contributed by atoms with E-state index in [0.717, 1.165) is 33.2 Å². The van der Waals surface area contributed by atoms with Crippen molar-refractivity contribution in [3.05, 3.63) is 57.9 Å². The lowest BCUT2D eigenvalue weighted by Crippen LogP contribution is -1.97. The van der Waals surface area contributed by atoms with Crippen LogP contribution < -0.4 is 4.74 Å². The van der Waals surface area contributed by atoms with Gasteiger partial charge in [-0.25, -0.2) is 4.98 Å². The van der Waals surface area contributed by atoms with Gasteiger partial charge in [-0.2, -0.15) is 0 Å². The number of imidazole rings is 1. The number of aromatic amines is 1. The van der Waals surface area contributed by atoms with Gasteiger partial charge < -0.3 is 9.72 Å². The minimum Gasteiger partial charge on any atom is -0.486 e. The molecule has 3 aromatic rings. The number of fused-ring (bicyclic) bond motifs is 1. The van der Waals surface area contributed by atoms with Crippen LogP contribution in [0.1, 0.15) is 22.5 Å². The molecule has 0 saturated carbocycles. The van der Waals surface area contributed by atoms with Crippen molar-refractivity contribution in [1.82, 2.24) is 9.97 Å². The highest BCUT2D eigenvalue weighted by Crippen LogP contribution is 2.22. The second-order valence-electron chi connectivity index (χ2n) is 5.36. The zero-order valence-corrected chi connectivity index (χ0v) is 13.1. The van der Waals surface area contributed by atoms with Crippen LogP contribution in [-0.2, 0) is 6.61 Å². The van der Waals surface area contributed by atoms with E-state index < -0.39 is 0 Å². The summed E-state index contributed by atoms with van der Waals surface area (Å²) in [5.74, 6) is 1.62. The first-order valence-electron chi connectivity index (χ1n) is 6.88. The third-order valence-electron chi connectivity index (χ3n) is 3.48. The fourth-order valence-corrected chi connectivity index (χ4v) is 2.57. The standard InChI is InChI=1S/C17H17ClN2O/c1-10-6-12(3)17-15(7-10)19-16(20-17)9-21-13-4-5-14(18)11(2)8-13/h4-8H,9H2,1-3H3,(H,19,20). The molecule has 0 aliphatic rings. The van der Waals surface area contributed by atoms with Crippen LogP contribution in [0.5, 0.6) is 5.75 Å². The molecule has 1 aromatic heterocycles. The first-order valence-corrected chi connectivity index (χ1v) is 7.25. The van der Waals surface area contributed by atoms with Gasteiger partial charge in [-0.3, -0.25) is 0 Å². The van der Waals surface area contributed by atoms with E-state index in [0.29, 0.717) is 6.61 Å². The highest BCUT2D eigenvalue weighted by molar-refractivity contribution is 6.31. The maximum atomic E-state index is 6.01. The molecule has 0 bridgehead atoms. The predicted molar refractivity (Wildman–Crippen MR) is 86.1 cm³/mol. The zero-order valence-electron chi connectivity index (χ0n) is 12.3. The monoisotopic (exact) mass is 300 g/mol. The highest BCUT2D eigenvalue weighted by Gasteiger charge is 2.07. The smallest absolute Gasteiger partial charge is 0.146 e. The van der Waals surface area contributed by atoms with Crippen LogP contribution in [0.15, 0.2) is 30.3 Å². The Hall–Kier alpha value is -2.00. The summed E-state index contributed by atoms with van der Waals surface area (Å²) >= 11 is 6.01. The summed E-state index contributed by atoms with van der Waals surface area (Å²) in [6.45, 7) is 6.53. The van der Waals surface area contributed by atoms with Crippen molar-refractivity contribution in [3.63, 3.8) is 0 Å². The average molecular weight is 301 g/mol. The van der Waals surface area contributed by atoms with Gasteiger partial charge >= 0.3 is 0 Å². The molecule has 0 fully saturated rings. The molecule has 0 radical (unpaired) electrons. The number of aromatic nitrogens is 2. The molecule has 0 unspecified atom stereocenters. The lowest BCUT2D eigenvalue weighted by atomic mass is 10.1. The number of aryl methyl sites for hydroxylation is 3. The van der Waals surface area contributed by atoms with Crippen LogP contribution in [0.4, 0.5) is 0 Å². The molecule has 0 atom stereocenters. The van der Waals surface area contributed by atoms with E-state index in [1.807, 2.05) is 25.1 Å². The minimum absolute atomic E-state index is 0.411. The van der Waals surface area contributed by atoms with Crippen LogP contribution in [-0.4, -0.2) is 9.97 Å². The molecule has 0 aliphatic carbocycles. The Morgan fingerprint density at radius 3 is 2.67 bits per heavy atom. The molecule has 0 amide bonds. The first-order chi connectivity index (χ1) is 10.0. The Morgan fingerprint density at radius 1 is 1.10 bits per heavy atom. The van der Waals surface area contributed by atoms with E-state index in [4.69, 9.17) is 16.3 Å². The van der Waals surface area contributed by atoms with Gasteiger partial charge in [0.25, 0.3) is 0 Å². The quantitative estimate of drug-likeness (QED) is 0.760. The van der Waals surface area contributed by atoms with Crippen LogP contribution in [0.25, 0.3) is 11.0 Å².